The Hall–Kier alpha value is -2.24. The van der Waals surface area contributed by atoms with E-state index in [1.807, 2.05) is 43.3 Å². The normalized spacial score (nSPS) is 11.1. The van der Waals surface area contributed by atoms with Crippen molar-refractivity contribution in [3.63, 3.8) is 0 Å². The Morgan fingerprint density at radius 1 is 1.15 bits per heavy atom. The predicted octanol–water partition coefficient (Wildman–Crippen LogP) is 4.74. The zero-order valence-corrected chi connectivity index (χ0v) is 16.6. The molecule has 1 aromatic heterocycles. The van der Waals surface area contributed by atoms with Gasteiger partial charge in [0.2, 0.25) is 0 Å². The molecule has 0 amide bonds. The van der Waals surface area contributed by atoms with Crippen LogP contribution < -0.4 is 14.8 Å². The number of nitrogens with zero attached hydrogens (tertiary/aromatic N) is 1. The number of para-hydroxylation sites is 2. The number of H-pyrrole nitrogens is 1. The van der Waals surface area contributed by atoms with Crippen LogP contribution in [0.2, 0.25) is 5.02 Å². The first kappa shape index (κ1) is 19.5. The van der Waals surface area contributed by atoms with Gasteiger partial charge in [-0.25, -0.2) is 4.98 Å². The molecular weight excluding hydrogens is 362 g/mol. The number of halogens is 1. The number of nitrogens with one attached hydrogen (secondary N) is 2. The first-order valence-electron chi connectivity index (χ1n) is 9.43. The lowest BCUT2D eigenvalue weighted by Gasteiger charge is -2.15. The summed E-state index contributed by atoms with van der Waals surface area (Å²) in [6, 6.07) is 12.0. The van der Waals surface area contributed by atoms with Crippen molar-refractivity contribution >= 4 is 22.6 Å². The van der Waals surface area contributed by atoms with Crippen LogP contribution in [0.3, 0.4) is 0 Å². The van der Waals surface area contributed by atoms with Gasteiger partial charge in [0.1, 0.15) is 5.82 Å². The Morgan fingerprint density at radius 2 is 2.00 bits per heavy atom. The van der Waals surface area contributed by atoms with Gasteiger partial charge in [-0.2, -0.15) is 0 Å². The fourth-order valence-electron chi connectivity index (χ4n) is 2.89. The van der Waals surface area contributed by atoms with Gasteiger partial charge >= 0.3 is 0 Å². The van der Waals surface area contributed by atoms with E-state index >= 15 is 0 Å². The number of aromatic amines is 1. The number of hydrogen-bond donors (Lipinski definition) is 2. The van der Waals surface area contributed by atoms with Crippen molar-refractivity contribution in [1.29, 1.82) is 0 Å². The van der Waals surface area contributed by atoms with E-state index in [2.05, 4.69) is 22.2 Å². The van der Waals surface area contributed by atoms with E-state index in [-0.39, 0.29) is 0 Å². The third-order valence-corrected chi connectivity index (χ3v) is 4.41. The Morgan fingerprint density at radius 3 is 2.78 bits per heavy atom. The molecule has 3 rings (SSSR count). The topological polar surface area (TPSA) is 59.2 Å². The Labute approximate surface area is 165 Å². The molecule has 6 heteroatoms. The lowest BCUT2D eigenvalue weighted by Crippen LogP contribution is -2.17. The largest absolute Gasteiger partial charge is 0.490 e. The molecule has 5 nitrogen and oxygen atoms in total. The molecule has 0 saturated carbocycles. The molecule has 0 radical (unpaired) electrons. The Balaban J connectivity index is 1.58. The third kappa shape index (κ3) is 5.15. The number of fused-ring (bicyclic) bond motifs is 1. The number of hydrogen-bond acceptors (Lipinski definition) is 4. The second-order valence-electron chi connectivity index (χ2n) is 6.31. The maximum absolute atomic E-state index is 6.41. The molecule has 0 bridgehead atoms. The fraction of sp³-hybridized carbons (Fsp3) is 0.381. The summed E-state index contributed by atoms with van der Waals surface area (Å²) in [4.78, 5) is 7.94. The van der Waals surface area contributed by atoms with Gasteiger partial charge in [0.25, 0.3) is 0 Å². The minimum absolute atomic E-state index is 0.571. The van der Waals surface area contributed by atoms with E-state index in [4.69, 9.17) is 21.1 Å². The van der Waals surface area contributed by atoms with Crippen LogP contribution in [-0.4, -0.2) is 29.7 Å². The van der Waals surface area contributed by atoms with Crippen molar-refractivity contribution in [2.75, 3.05) is 19.8 Å². The van der Waals surface area contributed by atoms with Gasteiger partial charge in [0.15, 0.2) is 11.5 Å². The van der Waals surface area contributed by atoms with E-state index in [1.54, 1.807) is 0 Å². The molecule has 0 spiro atoms. The van der Waals surface area contributed by atoms with Crippen molar-refractivity contribution < 1.29 is 9.47 Å². The number of benzene rings is 2. The van der Waals surface area contributed by atoms with Crippen LogP contribution in [0.4, 0.5) is 0 Å². The van der Waals surface area contributed by atoms with Gasteiger partial charge in [-0.3, -0.25) is 0 Å². The Bertz CT molecular complexity index is 846. The highest BCUT2D eigenvalue weighted by atomic mass is 35.5. The molecule has 0 aliphatic carbocycles. The second-order valence-corrected chi connectivity index (χ2v) is 6.72. The molecule has 0 unspecified atom stereocenters. The molecule has 0 aliphatic heterocycles. The van der Waals surface area contributed by atoms with Gasteiger partial charge in [-0.15, -0.1) is 0 Å². The van der Waals surface area contributed by atoms with Crippen LogP contribution in [-0.2, 0) is 13.0 Å². The lowest BCUT2D eigenvalue weighted by molar-refractivity contribution is 0.277. The minimum Gasteiger partial charge on any atom is -0.490 e. The SMILES string of the molecule is CCCOc1c(Cl)cc(CNCCc2nc3ccccc3[nH]2)cc1OCC. The van der Waals surface area contributed by atoms with Gasteiger partial charge in [-0.05, 0) is 43.2 Å². The van der Waals surface area contributed by atoms with Crippen molar-refractivity contribution in [3.8, 4) is 11.5 Å². The highest BCUT2D eigenvalue weighted by molar-refractivity contribution is 6.32. The lowest BCUT2D eigenvalue weighted by atomic mass is 10.2. The maximum Gasteiger partial charge on any atom is 0.179 e. The molecule has 0 saturated heterocycles. The number of aromatic nitrogens is 2. The molecule has 3 aromatic rings. The summed E-state index contributed by atoms with van der Waals surface area (Å²) in [5.41, 5.74) is 3.14. The maximum atomic E-state index is 6.41. The van der Waals surface area contributed by atoms with Crippen LogP contribution in [0, 0.1) is 0 Å². The molecule has 2 N–H and O–H groups in total. The van der Waals surface area contributed by atoms with Gasteiger partial charge in [0, 0.05) is 19.5 Å². The number of rotatable bonds is 10. The molecule has 0 fully saturated rings. The van der Waals surface area contributed by atoms with Crippen molar-refractivity contribution in [3.05, 3.63) is 52.8 Å². The molecule has 2 aromatic carbocycles. The summed E-state index contributed by atoms with van der Waals surface area (Å²) >= 11 is 6.41. The van der Waals surface area contributed by atoms with E-state index in [1.165, 1.54) is 0 Å². The van der Waals surface area contributed by atoms with Crippen molar-refractivity contribution in [2.45, 2.75) is 33.2 Å². The van der Waals surface area contributed by atoms with Crippen LogP contribution >= 0.6 is 11.6 Å². The summed E-state index contributed by atoms with van der Waals surface area (Å²) in [6.07, 6.45) is 1.76. The molecule has 27 heavy (non-hydrogen) atoms. The van der Waals surface area contributed by atoms with E-state index in [9.17, 15) is 0 Å². The average molecular weight is 388 g/mol. The average Bonchev–Trinajstić information content (AvgIpc) is 3.08. The minimum atomic E-state index is 0.571. The van der Waals surface area contributed by atoms with Crippen LogP contribution in [0.25, 0.3) is 11.0 Å². The van der Waals surface area contributed by atoms with Gasteiger partial charge in [-0.1, -0.05) is 30.7 Å². The number of imidazole rings is 1. The summed E-state index contributed by atoms with van der Waals surface area (Å²) in [5.74, 6) is 2.32. The number of ether oxygens (including phenoxy) is 2. The van der Waals surface area contributed by atoms with Gasteiger partial charge < -0.3 is 19.8 Å². The highest BCUT2D eigenvalue weighted by Crippen LogP contribution is 2.36. The quantitative estimate of drug-likeness (QED) is 0.493. The molecular formula is C21H26ClN3O2. The molecule has 1 heterocycles. The van der Waals surface area contributed by atoms with Crippen molar-refractivity contribution in [1.82, 2.24) is 15.3 Å². The van der Waals surface area contributed by atoms with Crippen LogP contribution in [0.5, 0.6) is 11.5 Å². The summed E-state index contributed by atoms with van der Waals surface area (Å²) in [6.45, 7) is 6.73. The first-order valence-corrected chi connectivity index (χ1v) is 9.81. The second kappa shape index (κ2) is 9.62. The van der Waals surface area contributed by atoms with E-state index in [0.29, 0.717) is 36.3 Å². The first-order chi connectivity index (χ1) is 13.2. The van der Waals surface area contributed by atoms with Gasteiger partial charge in [0.05, 0.1) is 29.3 Å². The van der Waals surface area contributed by atoms with E-state index < -0.39 is 0 Å². The fourth-order valence-corrected chi connectivity index (χ4v) is 3.18. The highest BCUT2D eigenvalue weighted by Gasteiger charge is 2.12. The standard InChI is InChI=1S/C21H26ClN3O2/c1-3-11-27-21-16(22)12-15(13-19(21)26-4-2)14-23-10-9-20-24-17-7-5-6-8-18(17)25-20/h5-8,12-13,23H,3-4,9-11,14H2,1-2H3,(H,24,25). The predicted molar refractivity (Wildman–Crippen MR) is 110 cm³/mol. The van der Waals surface area contributed by atoms with Crippen LogP contribution in [0.15, 0.2) is 36.4 Å². The molecule has 0 aliphatic rings. The molecule has 144 valence electrons. The van der Waals surface area contributed by atoms with E-state index in [0.717, 1.165) is 41.8 Å². The Kier molecular flexibility index (Phi) is 6.96. The van der Waals surface area contributed by atoms with Crippen molar-refractivity contribution in [2.24, 2.45) is 0 Å². The summed E-state index contributed by atoms with van der Waals surface area (Å²) in [5, 5.41) is 4.03. The summed E-state index contributed by atoms with van der Waals surface area (Å²) in [7, 11) is 0. The monoisotopic (exact) mass is 387 g/mol. The van der Waals surface area contributed by atoms with Crippen LogP contribution in [0.1, 0.15) is 31.7 Å². The third-order valence-electron chi connectivity index (χ3n) is 4.13. The zero-order valence-electron chi connectivity index (χ0n) is 15.8. The molecule has 0 atom stereocenters. The zero-order chi connectivity index (χ0) is 19.1. The smallest absolute Gasteiger partial charge is 0.179 e. The summed E-state index contributed by atoms with van der Waals surface area (Å²) < 4.78 is 11.5.